The van der Waals surface area contributed by atoms with Crippen LogP contribution in [0.1, 0.15) is 16.7 Å². The van der Waals surface area contributed by atoms with Crippen molar-refractivity contribution in [2.24, 2.45) is 0 Å². The molecule has 1 rings (SSSR count). The van der Waals surface area contributed by atoms with Crippen LogP contribution in [0.25, 0.3) is 0 Å². The van der Waals surface area contributed by atoms with E-state index in [2.05, 4.69) is 32.9 Å². The summed E-state index contributed by atoms with van der Waals surface area (Å²) in [4.78, 5) is 0. The third-order valence-electron chi connectivity index (χ3n) is 1.51. The molecule has 0 aliphatic carbocycles. The topological polar surface area (TPSA) is 0 Å². The van der Waals surface area contributed by atoms with Crippen LogP contribution in [0.3, 0.4) is 0 Å². The Morgan fingerprint density at radius 3 is 1.58 bits per heavy atom. The number of halogens is 3. The molecule has 0 heterocycles. The van der Waals surface area contributed by atoms with Gasteiger partial charge in [0, 0.05) is 18.6 Å². The van der Waals surface area contributed by atoms with Gasteiger partial charge in [-0.15, -0.1) is 37.2 Å². The molecule has 0 atom stereocenters. The fourth-order valence-electron chi connectivity index (χ4n) is 0.952. The van der Waals surface area contributed by atoms with Gasteiger partial charge in [0.1, 0.15) is 0 Å². The summed E-state index contributed by atoms with van der Waals surface area (Å²) in [6, 6.07) is 4.41. The monoisotopic (exact) mass is 266 g/mol. The first-order valence-corrected chi connectivity index (χ1v) is 2.90. The summed E-state index contributed by atoms with van der Waals surface area (Å²) in [5.41, 5.74) is 4.19. The van der Waals surface area contributed by atoms with Gasteiger partial charge in [-0.1, -0.05) is 20.8 Å². The molecule has 0 fully saturated rings. The Bertz CT molecular complexity index is 177. The maximum absolute atomic E-state index is 2.20. The predicted molar refractivity (Wildman–Crippen MR) is 58.0 cm³/mol. The zero-order valence-corrected chi connectivity index (χ0v) is 11.2. The number of hydrogen-bond donors (Lipinski definition) is 0. The fraction of sp³-hybridized carbons (Fsp3) is 0.375. The molecular weight excluding hydrogens is 253 g/mol. The van der Waals surface area contributed by atoms with E-state index in [4.69, 9.17) is 0 Å². The third kappa shape index (κ3) is 6.33. The van der Waals surface area contributed by atoms with Crippen LogP contribution >= 0.6 is 37.2 Å². The van der Waals surface area contributed by atoms with Gasteiger partial charge in [-0.2, -0.15) is 17.2 Å². The van der Waals surface area contributed by atoms with Crippen LogP contribution in [0.2, 0.25) is 0 Å². The summed E-state index contributed by atoms with van der Waals surface area (Å²) in [7, 11) is 0. The Morgan fingerprint density at radius 1 is 1.08 bits per heavy atom. The van der Waals surface area contributed by atoms with Gasteiger partial charge in [0.05, 0.1) is 0 Å². The summed E-state index contributed by atoms with van der Waals surface area (Å²) in [6.45, 7) is 6.41. The smallest absolute Gasteiger partial charge is 0 e. The summed E-state index contributed by atoms with van der Waals surface area (Å²) in [6.07, 6.45) is 0. The summed E-state index contributed by atoms with van der Waals surface area (Å²) < 4.78 is 0. The molecule has 73 valence electrons. The third-order valence-corrected chi connectivity index (χ3v) is 1.51. The van der Waals surface area contributed by atoms with E-state index in [1.807, 2.05) is 0 Å². The molecule has 1 aromatic rings. The summed E-state index contributed by atoms with van der Waals surface area (Å²) in [5, 5.41) is 0. The molecule has 0 N–H and O–H groups in total. The zero-order chi connectivity index (χ0) is 6.15. The van der Waals surface area contributed by atoms with Crippen LogP contribution < -0.4 is 0 Å². The van der Waals surface area contributed by atoms with Crippen molar-refractivity contribution >= 4 is 37.2 Å². The van der Waals surface area contributed by atoms with Crippen molar-refractivity contribution in [2.75, 3.05) is 0 Å². The molecule has 0 spiro atoms. The van der Waals surface area contributed by atoms with Gasteiger partial charge in [-0.05, 0) is 0 Å². The average molecular weight is 268 g/mol. The molecule has 1 aromatic carbocycles. The molecule has 0 bridgehead atoms. The second-order valence-electron chi connectivity index (χ2n) is 2.40. The van der Waals surface area contributed by atoms with Crippen molar-refractivity contribution in [1.29, 1.82) is 0 Å². The minimum absolute atomic E-state index is 0. The van der Waals surface area contributed by atoms with E-state index in [0.29, 0.717) is 0 Å². The maximum Gasteiger partial charge on any atom is 0 e. The Labute approximate surface area is 105 Å². The molecule has 4 heteroatoms. The van der Waals surface area contributed by atoms with Crippen LogP contribution in [-0.4, -0.2) is 0 Å². The van der Waals surface area contributed by atoms with Crippen LogP contribution in [0.5, 0.6) is 0 Å². The molecular formula is C8H14Cl3V-. The fourth-order valence-corrected chi connectivity index (χ4v) is 0.952. The Balaban J connectivity index is -0.0000000800. The van der Waals surface area contributed by atoms with E-state index >= 15 is 0 Å². The molecule has 0 amide bonds. The van der Waals surface area contributed by atoms with E-state index in [0.717, 1.165) is 0 Å². The maximum atomic E-state index is 2.20. The number of rotatable bonds is 0. The van der Waals surface area contributed by atoms with Crippen molar-refractivity contribution in [3.8, 4) is 0 Å². The minimum atomic E-state index is 0. The number of hydrogen-bond acceptors (Lipinski definition) is 0. The average Bonchev–Trinajstić information content (AvgIpc) is 1.85. The number of aryl methyl sites for hydroxylation is 3. The van der Waals surface area contributed by atoms with Gasteiger partial charge in [0.15, 0.2) is 0 Å². The normalized spacial score (nSPS) is 6.58. The predicted octanol–water partition coefficient (Wildman–Crippen LogP) is 3.59. The SMILES string of the molecule is Cc1cc(C)[c-](C)c1.Cl.Cl.Cl.[V]. The molecule has 0 nitrogen and oxygen atoms in total. The molecule has 0 unspecified atom stereocenters. The van der Waals surface area contributed by atoms with Crippen molar-refractivity contribution < 1.29 is 18.6 Å². The molecule has 0 aliphatic rings. The van der Waals surface area contributed by atoms with E-state index in [-0.39, 0.29) is 55.8 Å². The van der Waals surface area contributed by atoms with E-state index in [9.17, 15) is 0 Å². The van der Waals surface area contributed by atoms with Crippen molar-refractivity contribution in [3.63, 3.8) is 0 Å². The van der Waals surface area contributed by atoms with Crippen LogP contribution in [-0.2, 0) is 18.6 Å². The van der Waals surface area contributed by atoms with Crippen LogP contribution in [0, 0.1) is 20.8 Å². The van der Waals surface area contributed by atoms with E-state index < -0.39 is 0 Å². The Hall–Kier alpha value is 0.804. The summed E-state index contributed by atoms with van der Waals surface area (Å²) in [5.74, 6) is 0. The zero-order valence-electron chi connectivity index (χ0n) is 7.33. The van der Waals surface area contributed by atoms with Crippen molar-refractivity contribution in [2.45, 2.75) is 20.8 Å². The van der Waals surface area contributed by atoms with E-state index in [1.54, 1.807) is 0 Å². The van der Waals surface area contributed by atoms with Gasteiger partial charge in [0.2, 0.25) is 0 Å². The minimum Gasteiger partial charge on any atom is -0.208 e. The molecule has 0 saturated heterocycles. The van der Waals surface area contributed by atoms with Gasteiger partial charge < -0.3 is 0 Å². The molecule has 0 aromatic heterocycles. The van der Waals surface area contributed by atoms with E-state index in [1.165, 1.54) is 16.7 Å². The largest absolute Gasteiger partial charge is 0.208 e. The van der Waals surface area contributed by atoms with Crippen molar-refractivity contribution in [3.05, 3.63) is 28.8 Å². The molecule has 0 aliphatic heterocycles. The second-order valence-corrected chi connectivity index (χ2v) is 2.40. The van der Waals surface area contributed by atoms with Gasteiger partial charge in [-0.3, -0.25) is 0 Å². The first-order chi connectivity index (χ1) is 3.70. The molecule has 1 radical (unpaired) electrons. The van der Waals surface area contributed by atoms with Gasteiger partial charge in [0.25, 0.3) is 0 Å². The van der Waals surface area contributed by atoms with Crippen LogP contribution in [0.4, 0.5) is 0 Å². The second kappa shape index (κ2) is 9.89. The molecule has 12 heavy (non-hydrogen) atoms. The van der Waals surface area contributed by atoms with Gasteiger partial charge >= 0.3 is 0 Å². The molecule has 0 saturated carbocycles. The van der Waals surface area contributed by atoms with Crippen molar-refractivity contribution in [1.82, 2.24) is 0 Å². The van der Waals surface area contributed by atoms with Crippen LogP contribution in [0.15, 0.2) is 12.1 Å². The first-order valence-electron chi connectivity index (χ1n) is 2.90. The Morgan fingerprint density at radius 2 is 1.50 bits per heavy atom. The standard InChI is InChI=1S/C8H11.3ClH.V/c1-6-4-7(2)8(3)5-6;;;;/h4-5H,1-3H3;3*1H;/q-1;;;;. The summed E-state index contributed by atoms with van der Waals surface area (Å²) >= 11 is 0. The van der Waals surface area contributed by atoms with Gasteiger partial charge in [-0.25, -0.2) is 11.6 Å². The quantitative estimate of drug-likeness (QED) is 0.630. The Kier molecular flexibility index (Phi) is 19.0. The first kappa shape index (κ1) is 23.0.